The number of ether oxygens (including phenoxy) is 2. The first-order valence-electron chi connectivity index (χ1n) is 12.7. The number of amides is 1. The maximum Gasteiger partial charge on any atom is 0.416 e. The van der Waals surface area contributed by atoms with Crippen LogP contribution in [0.5, 0.6) is 11.5 Å². The summed E-state index contributed by atoms with van der Waals surface area (Å²) in [6.07, 6.45) is -4.76. The highest BCUT2D eigenvalue weighted by atomic mass is 32.2. The second kappa shape index (κ2) is 11.7. The Morgan fingerprint density at radius 2 is 1.83 bits per heavy atom. The number of carbonyl (C=O) groups excluding carboxylic acids is 1. The molecule has 0 N–H and O–H groups in total. The standard InChI is InChI=1S/C29H23F6N3O3S/c1-40-24-13-17(7-10-23(24)41-16-18-8-9-19(28(30,31)32)15-20(18)29(33,34)35)14-25-26(39)37-27(42-25)38-12-4-6-22(38)21-5-2-3-11-36-21/h2-3,5,7-11,13-15,22H,4,6,12,16H2,1H3. The van der Waals surface area contributed by atoms with Gasteiger partial charge in [-0.05, 0) is 72.6 Å². The summed E-state index contributed by atoms with van der Waals surface area (Å²) in [5.74, 6) is -0.163. The van der Waals surface area contributed by atoms with Crippen LogP contribution in [-0.4, -0.2) is 34.6 Å². The van der Waals surface area contributed by atoms with Gasteiger partial charge in [-0.25, -0.2) is 0 Å². The van der Waals surface area contributed by atoms with E-state index >= 15 is 0 Å². The molecular weight excluding hydrogens is 584 g/mol. The van der Waals surface area contributed by atoms with E-state index in [1.54, 1.807) is 18.3 Å². The quantitative estimate of drug-likeness (QED) is 0.214. The first kappa shape index (κ1) is 29.5. The van der Waals surface area contributed by atoms with Crippen molar-refractivity contribution >= 4 is 28.9 Å². The van der Waals surface area contributed by atoms with E-state index in [4.69, 9.17) is 9.47 Å². The van der Waals surface area contributed by atoms with Crippen LogP contribution in [0.4, 0.5) is 26.3 Å². The number of hydrogen-bond acceptors (Lipinski definition) is 6. The molecule has 1 unspecified atom stereocenters. The molecule has 0 bridgehead atoms. The minimum Gasteiger partial charge on any atom is -0.493 e. The van der Waals surface area contributed by atoms with E-state index in [1.165, 1.54) is 31.0 Å². The third-order valence-electron chi connectivity index (χ3n) is 6.75. The molecule has 5 rings (SSSR count). The number of benzene rings is 2. The van der Waals surface area contributed by atoms with E-state index in [-0.39, 0.29) is 23.6 Å². The third kappa shape index (κ3) is 6.40. The largest absolute Gasteiger partial charge is 0.493 e. The number of carbonyl (C=O) groups is 1. The molecule has 3 heterocycles. The Kier molecular flexibility index (Phi) is 8.22. The fourth-order valence-electron chi connectivity index (χ4n) is 4.74. The molecule has 1 saturated heterocycles. The van der Waals surface area contributed by atoms with Crippen LogP contribution in [0.3, 0.4) is 0 Å². The van der Waals surface area contributed by atoms with Gasteiger partial charge in [0.2, 0.25) is 0 Å². The Bertz CT molecular complexity index is 1540. The molecule has 13 heteroatoms. The summed E-state index contributed by atoms with van der Waals surface area (Å²) >= 11 is 1.24. The van der Waals surface area contributed by atoms with Crippen LogP contribution in [0.1, 0.15) is 46.8 Å². The van der Waals surface area contributed by atoms with E-state index in [9.17, 15) is 31.1 Å². The number of alkyl halides is 6. The van der Waals surface area contributed by atoms with Crippen LogP contribution in [0, 0.1) is 0 Å². The lowest BCUT2D eigenvalue weighted by atomic mass is 10.0. The zero-order valence-corrected chi connectivity index (χ0v) is 22.8. The van der Waals surface area contributed by atoms with Crippen molar-refractivity contribution < 1.29 is 40.6 Å². The summed E-state index contributed by atoms with van der Waals surface area (Å²) in [6.45, 7) is 0.0884. The van der Waals surface area contributed by atoms with Crippen molar-refractivity contribution in [3.05, 3.63) is 93.6 Å². The lowest BCUT2D eigenvalue weighted by Gasteiger charge is -2.24. The van der Waals surface area contributed by atoms with Gasteiger partial charge >= 0.3 is 12.4 Å². The number of nitrogens with zero attached hydrogens (tertiary/aromatic N) is 3. The van der Waals surface area contributed by atoms with Gasteiger partial charge in [-0.1, -0.05) is 18.2 Å². The first-order chi connectivity index (χ1) is 19.9. The average molecular weight is 608 g/mol. The normalized spacial score (nSPS) is 18.5. The van der Waals surface area contributed by atoms with Gasteiger partial charge in [-0.3, -0.25) is 9.78 Å². The lowest BCUT2D eigenvalue weighted by molar-refractivity contribution is -0.143. The minimum absolute atomic E-state index is 0.0173. The molecule has 6 nitrogen and oxygen atoms in total. The Labute approximate surface area is 241 Å². The van der Waals surface area contributed by atoms with Crippen LogP contribution >= 0.6 is 11.8 Å². The molecule has 2 aliphatic heterocycles. The maximum absolute atomic E-state index is 13.5. The summed E-state index contributed by atoms with van der Waals surface area (Å²) in [4.78, 5) is 23.9. The van der Waals surface area contributed by atoms with Crippen molar-refractivity contribution in [1.82, 2.24) is 9.88 Å². The van der Waals surface area contributed by atoms with Gasteiger partial charge in [-0.15, -0.1) is 0 Å². The van der Waals surface area contributed by atoms with Gasteiger partial charge < -0.3 is 14.4 Å². The first-order valence-corrected chi connectivity index (χ1v) is 13.5. The fraction of sp³-hybridized carbons (Fsp3) is 0.276. The van der Waals surface area contributed by atoms with Gasteiger partial charge in [0.1, 0.15) is 6.61 Å². The Morgan fingerprint density at radius 3 is 2.52 bits per heavy atom. The summed E-state index contributed by atoms with van der Waals surface area (Å²) in [7, 11) is 1.33. The van der Waals surface area contributed by atoms with Gasteiger partial charge in [0.05, 0.1) is 34.9 Å². The molecule has 0 saturated carbocycles. The fourth-order valence-corrected chi connectivity index (χ4v) is 5.73. The van der Waals surface area contributed by atoms with Crippen molar-refractivity contribution in [3.63, 3.8) is 0 Å². The number of methoxy groups -OCH3 is 1. The van der Waals surface area contributed by atoms with E-state index in [0.29, 0.717) is 21.7 Å². The van der Waals surface area contributed by atoms with Crippen LogP contribution in [0.2, 0.25) is 0 Å². The minimum atomic E-state index is -5.01. The molecule has 2 aromatic carbocycles. The number of pyridine rings is 1. The van der Waals surface area contributed by atoms with Crippen LogP contribution in [-0.2, 0) is 23.8 Å². The molecule has 1 amide bonds. The second-order valence-electron chi connectivity index (χ2n) is 9.48. The number of likely N-dealkylation sites (tertiary alicyclic amines) is 1. The number of halogens is 6. The van der Waals surface area contributed by atoms with Crippen molar-refractivity contribution in [3.8, 4) is 11.5 Å². The average Bonchev–Trinajstić information content (AvgIpc) is 3.58. The molecule has 1 aromatic heterocycles. The van der Waals surface area contributed by atoms with E-state index in [2.05, 4.69) is 14.9 Å². The zero-order chi connectivity index (χ0) is 30.1. The van der Waals surface area contributed by atoms with Crippen LogP contribution in [0.15, 0.2) is 70.7 Å². The van der Waals surface area contributed by atoms with Gasteiger partial charge in [0.15, 0.2) is 16.7 Å². The topological polar surface area (TPSA) is 64.0 Å². The van der Waals surface area contributed by atoms with E-state index in [1.807, 2.05) is 18.2 Å². The van der Waals surface area contributed by atoms with Gasteiger partial charge in [0.25, 0.3) is 5.91 Å². The lowest BCUT2D eigenvalue weighted by Crippen LogP contribution is -2.27. The Morgan fingerprint density at radius 1 is 1.02 bits per heavy atom. The number of hydrogen-bond donors (Lipinski definition) is 0. The number of thioether (sulfide) groups is 1. The SMILES string of the molecule is COc1cc(C=C2SC(N3CCCC3c3ccccn3)=NC2=O)ccc1OCc1ccc(C(F)(F)F)cc1C(F)(F)F. The summed E-state index contributed by atoms with van der Waals surface area (Å²) < 4.78 is 90.3. The molecule has 1 fully saturated rings. The summed E-state index contributed by atoms with van der Waals surface area (Å²) in [6, 6.07) is 11.7. The predicted octanol–water partition coefficient (Wildman–Crippen LogP) is 7.51. The molecule has 3 aromatic rings. The maximum atomic E-state index is 13.5. The molecule has 42 heavy (non-hydrogen) atoms. The number of amidine groups is 1. The van der Waals surface area contributed by atoms with Crippen molar-refractivity contribution in [1.29, 1.82) is 0 Å². The predicted molar refractivity (Wildman–Crippen MR) is 145 cm³/mol. The highest BCUT2D eigenvalue weighted by Crippen LogP contribution is 2.40. The number of rotatable bonds is 6. The second-order valence-corrected chi connectivity index (χ2v) is 10.5. The number of aromatic nitrogens is 1. The van der Waals surface area contributed by atoms with Gasteiger partial charge in [0, 0.05) is 18.3 Å². The molecule has 0 aliphatic carbocycles. The molecular formula is C29H23F6N3O3S. The number of aliphatic imine (C=N–C) groups is 1. The Hall–Kier alpha value is -4.00. The monoisotopic (exact) mass is 607 g/mol. The van der Waals surface area contributed by atoms with E-state index in [0.717, 1.165) is 31.1 Å². The van der Waals surface area contributed by atoms with Crippen molar-refractivity contribution in [2.75, 3.05) is 13.7 Å². The molecule has 0 radical (unpaired) electrons. The molecule has 220 valence electrons. The zero-order valence-electron chi connectivity index (χ0n) is 22.0. The van der Waals surface area contributed by atoms with Crippen molar-refractivity contribution in [2.45, 2.75) is 37.8 Å². The summed E-state index contributed by atoms with van der Waals surface area (Å²) in [5.41, 5.74) is -1.85. The highest BCUT2D eigenvalue weighted by molar-refractivity contribution is 8.18. The van der Waals surface area contributed by atoms with E-state index < -0.39 is 41.6 Å². The van der Waals surface area contributed by atoms with Crippen LogP contribution < -0.4 is 9.47 Å². The van der Waals surface area contributed by atoms with Crippen LogP contribution in [0.25, 0.3) is 6.08 Å². The molecule has 0 spiro atoms. The molecule has 2 aliphatic rings. The smallest absolute Gasteiger partial charge is 0.416 e. The third-order valence-corrected chi connectivity index (χ3v) is 7.77. The Balaban J connectivity index is 1.31. The highest BCUT2D eigenvalue weighted by Gasteiger charge is 2.38. The van der Waals surface area contributed by atoms with Gasteiger partial charge in [-0.2, -0.15) is 31.3 Å². The summed E-state index contributed by atoms with van der Waals surface area (Å²) in [5, 5.41) is 0.586. The van der Waals surface area contributed by atoms with Crippen molar-refractivity contribution in [2.24, 2.45) is 4.99 Å². The molecule has 1 atom stereocenters.